The summed E-state index contributed by atoms with van der Waals surface area (Å²) in [5.41, 5.74) is 1.33. The molecule has 0 spiro atoms. The number of primary sulfonamides is 1. The van der Waals surface area contributed by atoms with Crippen LogP contribution in [0.1, 0.15) is 18.4 Å². The quantitative estimate of drug-likeness (QED) is 0.725. The molecule has 1 unspecified atom stereocenters. The van der Waals surface area contributed by atoms with Gasteiger partial charge in [0.25, 0.3) is 0 Å². The first kappa shape index (κ1) is 10.1. The van der Waals surface area contributed by atoms with E-state index >= 15 is 0 Å². The van der Waals surface area contributed by atoms with Crippen molar-refractivity contribution in [3.63, 3.8) is 0 Å². The number of carbonyl (C=O) groups excluding carboxylic acids is 1. The molecule has 0 saturated carbocycles. The predicted molar refractivity (Wildman–Crippen MR) is 54.9 cm³/mol. The Morgan fingerprint density at radius 1 is 1.40 bits per heavy atom. The molecular formula is C9H10N2O3S. The number of sulfonamides is 1. The molecular weight excluding hydrogens is 216 g/mol. The van der Waals surface area contributed by atoms with Gasteiger partial charge < -0.3 is 5.32 Å². The summed E-state index contributed by atoms with van der Waals surface area (Å²) in [5.74, 6) is -0.460. The van der Waals surface area contributed by atoms with Gasteiger partial charge in [0.05, 0.1) is 10.8 Å². The lowest BCUT2D eigenvalue weighted by Gasteiger charge is -2.03. The molecule has 6 heteroatoms. The van der Waals surface area contributed by atoms with Crippen LogP contribution in [0, 0.1) is 0 Å². The molecule has 15 heavy (non-hydrogen) atoms. The molecule has 3 N–H and O–H groups in total. The van der Waals surface area contributed by atoms with Crippen LogP contribution < -0.4 is 10.5 Å². The second kappa shape index (κ2) is 3.04. The average Bonchev–Trinajstić information content (AvgIpc) is 2.41. The summed E-state index contributed by atoms with van der Waals surface area (Å²) in [6.07, 6.45) is 0. The lowest BCUT2D eigenvalue weighted by Crippen LogP contribution is -2.12. The third-order valence-corrected chi connectivity index (χ3v) is 3.38. The van der Waals surface area contributed by atoms with Crippen molar-refractivity contribution in [2.45, 2.75) is 17.7 Å². The summed E-state index contributed by atoms with van der Waals surface area (Å²) < 4.78 is 22.2. The number of nitrogens with one attached hydrogen (secondary N) is 1. The second-order valence-electron chi connectivity index (χ2n) is 3.51. The Labute approximate surface area is 87.3 Å². The van der Waals surface area contributed by atoms with E-state index in [2.05, 4.69) is 5.32 Å². The molecule has 1 aromatic carbocycles. The summed E-state index contributed by atoms with van der Waals surface area (Å²) in [7, 11) is -3.70. The van der Waals surface area contributed by atoms with E-state index in [9.17, 15) is 13.2 Å². The van der Waals surface area contributed by atoms with Crippen LogP contribution in [0.2, 0.25) is 0 Å². The fourth-order valence-electron chi connectivity index (χ4n) is 1.57. The SMILES string of the molecule is CC1C(=O)Nc2ccc(S(N)(=O)=O)cc21. The molecule has 0 aliphatic carbocycles. The van der Waals surface area contributed by atoms with E-state index in [1.165, 1.54) is 12.1 Å². The van der Waals surface area contributed by atoms with Crippen LogP contribution in [-0.4, -0.2) is 14.3 Å². The summed E-state index contributed by atoms with van der Waals surface area (Å²) in [6, 6.07) is 4.37. The highest BCUT2D eigenvalue weighted by Crippen LogP contribution is 2.33. The zero-order chi connectivity index (χ0) is 11.2. The molecule has 2 rings (SSSR count). The minimum Gasteiger partial charge on any atom is -0.325 e. The number of hydrogen-bond donors (Lipinski definition) is 2. The van der Waals surface area contributed by atoms with Crippen molar-refractivity contribution in [1.82, 2.24) is 0 Å². The molecule has 1 aromatic rings. The van der Waals surface area contributed by atoms with E-state index in [0.717, 1.165) is 0 Å². The van der Waals surface area contributed by atoms with Crippen LogP contribution in [0.3, 0.4) is 0 Å². The number of fused-ring (bicyclic) bond motifs is 1. The lowest BCUT2D eigenvalue weighted by molar-refractivity contribution is -0.116. The number of rotatable bonds is 1. The van der Waals surface area contributed by atoms with E-state index in [0.29, 0.717) is 11.3 Å². The maximum absolute atomic E-state index is 11.3. The van der Waals surface area contributed by atoms with Crippen LogP contribution in [0.4, 0.5) is 5.69 Å². The van der Waals surface area contributed by atoms with Gasteiger partial charge in [0, 0.05) is 5.69 Å². The van der Waals surface area contributed by atoms with Crippen molar-refractivity contribution in [2.75, 3.05) is 5.32 Å². The molecule has 0 saturated heterocycles. The minimum absolute atomic E-state index is 0.0320. The highest BCUT2D eigenvalue weighted by atomic mass is 32.2. The Kier molecular flexibility index (Phi) is 2.06. The Hall–Kier alpha value is -1.40. The Morgan fingerprint density at radius 3 is 2.67 bits per heavy atom. The molecule has 1 aliphatic heterocycles. The van der Waals surface area contributed by atoms with Gasteiger partial charge in [-0.15, -0.1) is 0 Å². The molecule has 5 nitrogen and oxygen atoms in total. The number of hydrogen-bond acceptors (Lipinski definition) is 3. The van der Waals surface area contributed by atoms with Crippen molar-refractivity contribution < 1.29 is 13.2 Å². The van der Waals surface area contributed by atoms with E-state index < -0.39 is 10.0 Å². The topological polar surface area (TPSA) is 89.3 Å². The number of amides is 1. The number of carbonyl (C=O) groups is 1. The van der Waals surface area contributed by atoms with Crippen LogP contribution in [0.15, 0.2) is 23.1 Å². The molecule has 0 fully saturated rings. The standard InChI is InChI=1S/C9H10N2O3S/c1-5-7-4-6(15(10,13)14)2-3-8(7)11-9(5)12/h2-5H,1H3,(H,11,12)(H2,10,13,14). The minimum atomic E-state index is -3.70. The van der Waals surface area contributed by atoms with Crippen molar-refractivity contribution in [3.8, 4) is 0 Å². The van der Waals surface area contributed by atoms with E-state index in [4.69, 9.17) is 5.14 Å². The van der Waals surface area contributed by atoms with Gasteiger partial charge in [0.15, 0.2) is 0 Å². The van der Waals surface area contributed by atoms with Crippen molar-refractivity contribution in [2.24, 2.45) is 5.14 Å². The Bertz CT molecular complexity index is 536. The van der Waals surface area contributed by atoms with Crippen LogP contribution >= 0.6 is 0 Å². The third kappa shape index (κ3) is 1.62. The van der Waals surface area contributed by atoms with Crippen molar-refractivity contribution in [1.29, 1.82) is 0 Å². The first-order chi connectivity index (χ1) is 6.89. The van der Waals surface area contributed by atoms with Gasteiger partial charge in [0.1, 0.15) is 0 Å². The Balaban J connectivity index is 2.58. The monoisotopic (exact) mass is 226 g/mol. The average molecular weight is 226 g/mol. The number of anilines is 1. The molecule has 1 amide bonds. The zero-order valence-electron chi connectivity index (χ0n) is 8.02. The molecule has 1 heterocycles. The van der Waals surface area contributed by atoms with Gasteiger partial charge in [-0.2, -0.15) is 0 Å². The van der Waals surface area contributed by atoms with Gasteiger partial charge in [-0.25, -0.2) is 13.6 Å². The largest absolute Gasteiger partial charge is 0.325 e. The van der Waals surface area contributed by atoms with Crippen molar-refractivity contribution in [3.05, 3.63) is 23.8 Å². The van der Waals surface area contributed by atoms with E-state index in [1.807, 2.05) is 0 Å². The molecule has 0 bridgehead atoms. The molecule has 1 aliphatic rings. The fraction of sp³-hybridized carbons (Fsp3) is 0.222. The molecule has 0 aromatic heterocycles. The summed E-state index contributed by atoms with van der Waals surface area (Å²) in [5, 5.41) is 7.65. The normalized spacial score (nSPS) is 19.9. The summed E-state index contributed by atoms with van der Waals surface area (Å²) >= 11 is 0. The first-order valence-corrected chi connectivity index (χ1v) is 5.92. The first-order valence-electron chi connectivity index (χ1n) is 4.37. The van der Waals surface area contributed by atoms with Gasteiger partial charge in [-0.05, 0) is 30.7 Å². The van der Waals surface area contributed by atoms with Crippen LogP contribution in [0.5, 0.6) is 0 Å². The van der Waals surface area contributed by atoms with Crippen LogP contribution in [-0.2, 0) is 14.8 Å². The second-order valence-corrected chi connectivity index (χ2v) is 5.07. The fourth-order valence-corrected chi connectivity index (χ4v) is 2.12. The smallest absolute Gasteiger partial charge is 0.238 e. The summed E-state index contributed by atoms with van der Waals surface area (Å²) in [4.78, 5) is 11.3. The van der Waals surface area contributed by atoms with Crippen LogP contribution in [0.25, 0.3) is 0 Å². The maximum Gasteiger partial charge on any atom is 0.238 e. The molecule has 1 atom stereocenters. The molecule has 80 valence electrons. The van der Waals surface area contributed by atoms with Gasteiger partial charge in [0.2, 0.25) is 15.9 Å². The van der Waals surface area contributed by atoms with Gasteiger partial charge in [-0.1, -0.05) is 0 Å². The van der Waals surface area contributed by atoms with Gasteiger partial charge in [-0.3, -0.25) is 4.79 Å². The predicted octanol–water partition coefficient (Wildman–Crippen LogP) is 0.390. The highest BCUT2D eigenvalue weighted by molar-refractivity contribution is 7.89. The third-order valence-electron chi connectivity index (χ3n) is 2.47. The highest BCUT2D eigenvalue weighted by Gasteiger charge is 2.27. The number of nitrogens with two attached hydrogens (primary N) is 1. The lowest BCUT2D eigenvalue weighted by atomic mass is 10.0. The zero-order valence-corrected chi connectivity index (χ0v) is 8.84. The van der Waals surface area contributed by atoms with Crippen molar-refractivity contribution >= 4 is 21.6 Å². The molecule has 0 radical (unpaired) electrons. The maximum atomic E-state index is 11.3. The van der Waals surface area contributed by atoms with E-state index in [1.54, 1.807) is 13.0 Å². The van der Waals surface area contributed by atoms with Gasteiger partial charge >= 0.3 is 0 Å². The Morgan fingerprint density at radius 2 is 2.07 bits per heavy atom. The number of benzene rings is 1. The van der Waals surface area contributed by atoms with E-state index in [-0.39, 0.29) is 16.7 Å². The summed E-state index contributed by atoms with van der Waals surface area (Å²) in [6.45, 7) is 1.72.